The second-order valence-electron chi connectivity index (χ2n) is 8.60. The Morgan fingerprint density at radius 3 is 2.48 bits per heavy atom. The van der Waals surface area contributed by atoms with Crippen LogP contribution in [-0.2, 0) is 4.74 Å². The Bertz CT molecular complexity index is 378. The van der Waals surface area contributed by atoms with Crippen LogP contribution in [0, 0.1) is 5.92 Å². The van der Waals surface area contributed by atoms with Crippen LogP contribution in [0.1, 0.15) is 79.1 Å². The summed E-state index contributed by atoms with van der Waals surface area (Å²) in [5.74, 6) is 0.870. The first-order chi connectivity index (χ1) is 10.8. The Labute approximate surface area is 142 Å². The molecule has 23 heavy (non-hydrogen) atoms. The fourth-order valence-corrected chi connectivity index (χ4v) is 3.76. The molecule has 4 nitrogen and oxygen atoms in total. The van der Waals surface area contributed by atoms with Crippen LogP contribution in [0.5, 0.6) is 0 Å². The molecule has 3 atom stereocenters. The molecule has 4 heteroatoms. The van der Waals surface area contributed by atoms with E-state index in [0.29, 0.717) is 12.1 Å². The molecular weight excluding hydrogens is 288 g/mol. The molecule has 1 heterocycles. The molecule has 1 aliphatic carbocycles. The third kappa shape index (κ3) is 6.70. The number of carbonyl (C=O) groups excluding carboxylic acids is 1. The molecule has 1 amide bonds. The molecule has 0 spiro atoms. The van der Waals surface area contributed by atoms with Gasteiger partial charge in [0.05, 0.1) is 0 Å². The van der Waals surface area contributed by atoms with Crippen LogP contribution >= 0.6 is 0 Å². The summed E-state index contributed by atoms with van der Waals surface area (Å²) in [7, 11) is 0. The van der Waals surface area contributed by atoms with Gasteiger partial charge in [0, 0.05) is 25.2 Å². The van der Waals surface area contributed by atoms with Gasteiger partial charge in [-0.1, -0.05) is 26.2 Å². The number of rotatable bonds is 2. The van der Waals surface area contributed by atoms with E-state index in [4.69, 9.17) is 4.74 Å². The van der Waals surface area contributed by atoms with Crippen molar-refractivity contribution in [3.05, 3.63) is 0 Å². The SMILES string of the molecule is CC1CCCC(NC2CCCCN(C(=O)OC(C)(C)C)C2)CC1. The van der Waals surface area contributed by atoms with Crippen LogP contribution in [-0.4, -0.2) is 41.8 Å². The van der Waals surface area contributed by atoms with Crippen LogP contribution in [0.3, 0.4) is 0 Å². The number of likely N-dealkylation sites (tertiary alicyclic amines) is 1. The van der Waals surface area contributed by atoms with Gasteiger partial charge in [-0.3, -0.25) is 0 Å². The van der Waals surface area contributed by atoms with Gasteiger partial charge >= 0.3 is 6.09 Å². The second kappa shape index (κ2) is 8.36. The van der Waals surface area contributed by atoms with Gasteiger partial charge in [0.2, 0.25) is 0 Å². The molecule has 0 aromatic carbocycles. The number of nitrogens with zero attached hydrogens (tertiary/aromatic N) is 1. The summed E-state index contributed by atoms with van der Waals surface area (Å²) >= 11 is 0. The summed E-state index contributed by atoms with van der Waals surface area (Å²) in [5.41, 5.74) is -0.413. The average molecular weight is 325 g/mol. The van der Waals surface area contributed by atoms with E-state index in [9.17, 15) is 4.79 Å². The highest BCUT2D eigenvalue weighted by Crippen LogP contribution is 2.24. The normalized spacial score (nSPS) is 30.4. The standard InChI is InChI=1S/C19H36N2O2/c1-15-8-7-10-16(12-11-15)20-17-9-5-6-13-21(14-17)18(22)23-19(2,3)4/h15-17,20H,5-14H2,1-4H3. The van der Waals surface area contributed by atoms with Crippen LogP contribution in [0.15, 0.2) is 0 Å². The van der Waals surface area contributed by atoms with E-state index in [2.05, 4.69) is 12.2 Å². The van der Waals surface area contributed by atoms with Crippen LogP contribution < -0.4 is 5.32 Å². The number of carbonyl (C=O) groups is 1. The first-order valence-corrected chi connectivity index (χ1v) is 9.57. The summed E-state index contributed by atoms with van der Waals surface area (Å²) < 4.78 is 5.56. The van der Waals surface area contributed by atoms with E-state index in [1.165, 1.54) is 44.9 Å². The van der Waals surface area contributed by atoms with Gasteiger partial charge in [0.25, 0.3) is 0 Å². The van der Waals surface area contributed by atoms with Crippen molar-refractivity contribution in [2.24, 2.45) is 5.92 Å². The fourth-order valence-electron chi connectivity index (χ4n) is 3.76. The molecule has 134 valence electrons. The Morgan fingerprint density at radius 1 is 1.00 bits per heavy atom. The van der Waals surface area contributed by atoms with Crippen LogP contribution in [0.2, 0.25) is 0 Å². The number of ether oxygens (including phenoxy) is 1. The summed E-state index contributed by atoms with van der Waals surface area (Å²) in [4.78, 5) is 14.3. The van der Waals surface area contributed by atoms with E-state index in [0.717, 1.165) is 25.4 Å². The lowest BCUT2D eigenvalue weighted by molar-refractivity contribution is 0.0241. The van der Waals surface area contributed by atoms with Crippen LogP contribution in [0.4, 0.5) is 4.79 Å². The topological polar surface area (TPSA) is 41.6 Å². The van der Waals surface area contributed by atoms with Crippen molar-refractivity contribution in [3.63, 3.8) is 0 Å². The minimum Gasteiger partial charge on any atom is -0.444 e. The van der Waals surface area contributed by atoms with E-state index in [1.54, 1.807) is 0 Å². The maximum Gasteiger partial charge on any atom is 0.410 e. The minimum absolute atomic E-state index is 0.152. The van der Waals surface area contributed by atoms with Gasteiger partial charge in [0.1, 0.15) is 5.60 Å². The zero-order valence-corrected chi connectivity index (χ0v) is 15.6. The highest BCUT2D eigenvalue weighted by atomic mass is 16.6. The first-order valence-electron chi connectivity index (χ1n) is 9.57. The second-order valence-corrected chi connectivity index (χ2v) is 8.60. The molecule has 0 radical (unpaired) electrons. The van der Waals surface area contributed by atoms with E-state index in [-0.39, 0.29) is 6.09 Å². The summed E-state index contributed by atoms with van der Waals surface area (Å²) in [6, 6.07) is 1.05. The van der Waals surface area contributed by atoms with Crippen molar-refractivity contribution >= 4 is 6.09 Å². The van der Waals surface area contributed by atoms with Crippen LogP contribution in [0.25, 0.3) is 0 Å². The predicted molar refractivity (Wildman–Crippen MR) is 94.6 cm³/mol. The van der Waals surface area contributed by atoms with Gasteiger partial charge in [-0.05, 0) is 58.8 Å². The van der Waals surface area contributed by atoms with Crippen molar-refractivity contribution < 1.29 is 9.53 Å². The monoisotopic (exact) mass is 324 g/mol. The number of nitrogens with one attached hydrogen (secondary N) is 1. The summed E-state index contributed by atoms with van der Waals surface area (Å²) in [5, 5.41) is 3.86. The maximum absolute atomic E-state index is 12.4. The lowest BCUT2D eigenvalue weighted by Gasteiger charge is -2.30. The molecule has 1 N–H and O–H groups in total. The molecule has 2 fully saturated rings. The zero-order chi connectivity index (χ0) is 16.9. The van der Waals surface area contributed by atoms with Crippen molar-refractivity contribution in [2.75, 3.05) is 13.1 Å². The highest BCUT2D eigenvalue weighted by Gasteiger charge is 2.27. The quantitative estimate of drug-likeness (QED) is 0.769. The molecule has 1 saturated heterocycles. The van der Waals surface area contributed by atoms with Gasteiger partial charge in [-0.15, -0.1) is 0 Å². The number of amides is 1. The molecular formula is C19H36N2O2. The van der Waals surface area contributed by atoms with E-state index < -0.39 is 5.60 Å². The molecule has 1 aliphatic heterocycles. The highest BCUT2D eigenvalue weighted by molar-refractivity contribution is 5.68. The van der Waals surface area contributed by atoms with Crippen molar-refractivity contribution in [1.29, 1.82) is 0 Å². The zero-order valence-electron chi connectivity index (χ0n) is 15.6. The minimum atomic E-state index is -0.413. The third-order valence-electron chi connectivity index (χ3n) is 5.05. The molecule has 2 aliphatic rings. The van der Waals surface area contributed by atoms with Gasteiger partial charge in [-0.2, -0.15) is 0 Å². The van der Waals surface area contributed by atoms with Crippen molar-refractivity contribution in [3.8, 4) is 0 Å². The number of hydrogen-bond acceptors (Lipinski definition) is 3. The van der Waals surface area contributed by atoms with Crippen molar-refractivity contribution in [1.82, 2.24) is 10.2 Å². The fraction of sp³-hybridized carbons (Fsp3) is 0.947. The summed E-state index contributed by atoms with van der Waals surface area (Å²) in [6.07, 6.45) is 9.90. The lowest BCUT2D eigenvalue weighted by atomic mass is 10.0. The smallest absolute Gasteiger partial charge is 0.410 e. The Kier molecular flexibility index (Phi) is 6.75. The lowest BCUT2D eigenvalue weighted by Crippen LogP contribution is -2.47. The Hall–Kier alpha value is -0.770. The van der Waals surface area contributed by atoms with Gasteiger partial charge in [0.15, 0.2) is 0 Å². The van der Waals surface area contributed by atoms with Gasteiger partial charge in [-0.25, -0.2) is 4.79 Å². The molecule has 1 saturated carbocycles. The van der Waals surface area contributed by atoms with Crippen molar-refractivity contribution in [2.45, 2.75) is 96.7 Å². The van der Waals surface area contributed by atoms with E-state index >= 15 is 0 Å². The largest absolute Gasteiger partial charge is 0.444 e. The maximum atomic E-state index is 12.4. The summed E-state index contributed by atoms with van der Waals surface area (Å²) in [6.45, 7) is 9.80. The molecule has 2 rings (SSSR count). The Morgan fingerprint density at radius 2 is 1.74 bits per heavy atom. The average Bonchev–Trinajstić information content (AvgIpc) is 2.78. The molecule has 0 aromatic rings. The predicted octanol–water partition coefficient (Wildman–Crippen LogP) is 4.33. The molecule has 3 unspecified atom stereocenters. The van der Waals surface area contributed by atoms with Gasteiger partial charge < -0.3 is 15.0 Å². The first kappa shape index (κ1) is 18.6. The molecule has 0 aromatic heterocycles. The molecule has 0 bridgehead atoms. The number of hydrogen-bond donors (Lipinski definition) is 1. The third-order valence-corrected chi connectivity index (χ3v) is 5.05. The van der Waals surface area contributed by atoms with E-state index in [1.807, 2.05) is 25.7 Å². The Balaban J connectivity index is 1.87.